The van der Waals surface area contributed by atoms with E-state index in [4.69, 9.17) is 10.7 Å². The molecule has 1 aliphatic rings. The van der Waals surface area contributed by atoms with E-state index in [1.807, 2.05) is 68.7 Å². The van der Waals surface area contributed by atoms with E-state index >= 15 is 0 Å². The third-order valence-electron chi connectivity index (χ3n) is 6.67. The number of hydrogen-bond acceptors (Lipinski definition) is 7. The van der Waals surface area contributed by atoms with Crippen LogP contribution in [-0.2, 0) is 19.0 Å². The summed E-state index contributed by atoms with van der Waals surface area (Å²) in [5, 5.41) is 8.58. The van der Waals surface area contributed by atoms with Crippen LogP contribution in [0.1, 0.15) is 35.1 Å². The number of aryl methyl sites for hydroxylation is 2. The van der Waals surface area contributed by atoms with E-state index < -0.39 is 11.4 Å². The fourth-order valence-electron chi connectivity index (χ4n) is 4.83. The van der Waals surface area contributed by atoms with Crippen LogP contribution in [-0.4, -0.2) is 35.6 Å². The summed E-state index contributed by atoms with van der Waals surface area (Å²) in [5.41, 5.74) is 11.1. The lowest BCUT2D eigenvalue weighted by Crippen LogP contribution is -2.43. The molecule has 0 saturated carbocycles. The number of carbonyl (C=O) groups is 1. The highest BCUT2D eigenvalue weighted by molar-refractivity contribution is 5.98. The molecule has 1 amide bonds. The van der Waals surface area contributed by atoms with Crippen molar-refractivity contribution in [2.24, 2.45) is 7.05 Å². The summed E-state index contributed by atoms with van der Waals surface area (Å²) < 4.78 is 1.69. The molecule has 3 N–H and O–H groups in total. The minimum absolute atomic E-state index is 0.0437. The van der Waals surface area contributed by atoms with Gasteiger partial charge in [-0.05, 0) is 55.7 Å². The zero-order valence-corrected chi connectivity index (χ0v) is 19.9. The standard InChI is InChI=1S/C27H24N8O/c1-27(11-9-16-5-3-13-30-24(16)27)33-26(36)23-25(28)32-22(20-10-14-35(2)34-20)21(31-23)18-7-8-19-17(15-18)6-4-12-29-19/h3-8,10,12-15H,9,11H2,1-2H3,(H2,28,32)(H,33,36). The average Bonchev–Trinajstić information content (AvgIpc) is 3.47. The predicted molar refractivity (Wildman–Crippen MR) is 137 cm³/mol. The molecule has 6 rings (SSSR count). The number of rotatable bonds is 4. The molecule has 0 radical (unpaired) electrons. The molecular formula is C27H24N8O. The second-order valence-corrected chi connectivity index (χ2v) is 9.24. The van der Waals surface area contributed by atoms with Crippen molar-refractivity contribution >= 4 is 22.6 Å². The van der Waals surface area contributed by atoms with Crippen LogP contribution in [0.25, 0.3) is 33.5 Å². The maximum absolute atomic E-state index is 13.5. The molecule has 9 heteroatoms. The number of anilines is 1. The molecule has 9 nitrogen and oxygen atoms in total. The molecule has 0 spiro atoms. The molecule has 178 valence electrons. The van der Waals surface area contributed by atoms with E-state index in [2.05, 4.69) is 25.4 Å². The van der Waals surface area contributed by atoms with Crippen LogP contribution in [0.15, 0.2) is 67.1 Å². The van der Waals surface area contributed by atoms with Crippen LogP contribution >= 0.6 is 0 Å². The number of nitrogens with one attached hydrogen (secondary N) is 1. The van der Waals surface area contributed by atoms with Gasteiger partial charge in [0.25, 0.3) is 5.91 Å². The smallest absolute Gasteiger partial charge is 0.274 e. The van der Waals surface area contributed by atoms with Crippen LogP contribution in [0.3, 0.4) is 0 Å². The SMILES string of the molecule is Cn1ccc(-c2nc(N)c(C(=O)NC3(C)CCc4cccnc43)nc2-c2ccc3ncccc3c2)n1. The van der Waals surface area contributed by atoms with Gasteiger partial charge in [0.2, 0.25) is 0 Å². The summed E-state index contributed by atoms with van der Waals surface area (Å²) in [6.45, 7) is 1.98. The Kier molecular flexibility index (Phi) is 4.99. The molecule has 36 heavy (non-hydrogen) atoms. The lowest BCUT2D eigenvalue weighted by Gasteiger charge is -2.26. The van der Waals surface area contributed by atoms with Gasteiger partial charge in [-0.1, -0.05) is 18.2 Å². The topological polar surface area (TPSA) is 124 Å². The molecule has 5 aromatic rings. The first kappa shape index (κ1) is 21.8. The normalized spacial score (nSPS) is 16.7. The third kappa shape index (κ3) is 3.65. The van der Waals surface area contributed by atoms with Crippen molar-refractivity contribution in [1.29, 1.82) is 0 Å². The highest BCUT2D eigenvalue weighted by Crippen LogP contribution is 2.36. The number of aromatic nitrogens is 6. The van der Waals surface area contributed by atoms with Crippen LogP contribution in [0.5, 0.6) is 0 Å². The van der Waals surface area contributed by atoms with E-state index in [1.54, 1.807) is 17.1 Å². The number of nitrogen functional groups attached to an aromatic ring is 1. The lowest BCUT2D eigenvalue weighted by molar-refractivity contribution is 0.0898. The first-order chi connectivity index (χ1) is 17.4. The van der Waals surface area contributed by atoms with E-state index in [-0.39, 0.29) is 11.5 Å². The minimum atomic E-state index is -0.615. The zero-order valence-electron chi connectivity index (χ0n) is 19.9. The predicted octanol–water partition coefficient (Wildman–Crippen LogP) is 3.66. The summed E-state index contributed by atoms with van der Waals surface area (Å²) in [7, 11) is 1.83. The van der Waals surface area contributed by atoms with E-state index in [0.29, 0.717) is 17.1 Å². The van der Waals surface area contributed by atoms with Crippen LogP contribution in [0.4, 0.5) is 5.82 Å². The van der Waals surface area contributed by atoms with Crippen LogP contribution < -0.4 is 11.1 Å². The minimum Gasteiger partial charge on any atom is -0.382 e. The van der Waals surface area contributed by atoms with Gasteiger partial charge in [0.15, 0.2) is 11.5 Å². The number of amides is 1. The number of fused-ring (bicyclic) bond motifs is 2. The molecular weight excluding hydrogens is 452 g/mol. The maximum atomic E-state index is 13.5. The number of nitrogens with two attached hydrogens (primary N) is 1. The van der Waals surface area contributed by atoms with Gasteiger partial charge in [-0.25, -0.2) is 9.97 Å². The number of hydrogen-bond donors (Lipinski definition) is 2. The zero-order chi connectivity index (χ0) is 24.9. The number of benzene rings is 1. The van der Waals surface area contributed by atoms with Gasteiger partial charge < -0.3 is 11.1 Å². The molecule has 4 heterocycles. The van der Waals surface area contributed by atoms with Gasteiger partial charge in [0.05, 0.1) is 22.4 Å². The highest BCUT2D eigenvalue weighted by atomic mass is 16.2. The summed E-state index contributed by atoms with van der Waals surface area (Å²) in [6, 6.07) is 15.5. The fraction of sp³-hybridized carbons (Fsp3) is 0.185. The quantitative estimate of drug-likeness (QED) is 0.406. The Morgan fingerprint density at radius 3 is 2.72 bits per heavy atom. The first-order valence-electron chi connectivity index (χ1n) is 11.7. The Balaban J connectivity index is 1.46. The van der Waals surface area contributed by atoms with Crippen LogP contribution in [0, 0.1) is 0 Å². The first-order valence-corrected chi connectivity index (χ1v) is 11.7. The Morgan fingerprint density at radius 2 is 1.89 bits per heavy atom. The van der Waals surface area contributed by atoms with Gasteiger partial charge in [-0.2, -0.15) is 5.10 Å². The van der Waals surface area contributed by atoms with Crippen molar-refractivity contribution in [3.8, 4) is 22.6 Å². The second-order valence-electron chi connectivity index (χ2n) is 9.24. The fourth-order valence-corrected chi connectivity index (χ4v) is 4.83. The molecule has 1 atom stereocenters. The van der Waals surface area contributed by atoms with Gasteiger partial charge >= 0.3 is 0 Å². The number of carbonyl (C=O) groups excluding carboxylic acids is 1. The summed E-state index contributed by atoms with van der Waals surface area (Å²) in [6.07, 6.45) is 6.92. The van der Waals surface area contributed by atoms with Gasteiger partial charge in [-0.15, -0.1) is 0 Å². The molecule has 0 aliphatic heterocycles. The van der Waals surface area contributed by atoms with Gasteiger partial charge in [0.1, 0.15) is 11.4 Å². The third-order valence-corrected chi connectivity index (χ3v) is 6.67. The lowest BCUT2D eigenvalue weighted by atomic mass is 9.98. The average molecular weight is 477 g/mol. The summed E-state index contributed by atoms with van der Waals surface area (Å²) in [4.78, 5) is 31.9. The number of pyridine rings is 2. The molecule has 0 saturated heterocycles. The largest absolute Gasteiger partial charge is 0.382 e. The van der Waals surface area contributed by atoms with E-state index in [9.17, 15) is 4.79 Å². The molecule has 1 unspecified atom stereocenters. The van der Waals surface area contributed by atoms with Crippen LogP contribution in [0.2, 0.25) is 0 Å². The molecule has 0 bridgehead atoms. The molecule has 0 fully saturated rings. The second kappa shape index (κ2) is 8.23. The highest BCUT2D eigenvalue weighted by Gasteiger charge is 2.38. The van der Waals surface area contributed by atoms with E-state index in [0.717, 1.165) is 40.6 Å². The Labute approximate surface area is 207 Å². The summed E-state index contributed by atoms with van der Waals surface area (Å²) in [5.74, 6) is -0.348. The van der Waals surface area contributed by atoms with Crippen molar-refractivity contribution in [3.05, 3.63) is 84.1 Å². The Morgan fingerprint density at radius 1 is 1.06 bits per heavy atom. The van der Waals surface area contributed by atoms with Gasteiger partial charge in [-0.3, -0.25) is 19.4 Å². The van der Waals surface area contributed by atoms with Crippen molar-refractivity contribution in [2.45, 2.75) is 25.3 Å². The van der Waals surface area contributed by atoms with Crippen molar-refractivity contribution < 1.29 is 4.79 Å². The summed E-state index contributed by atoms with van der Waals surface area (Å²) >= 11 is 0. The van der Waals surface area contributed by atoms with Crippen molar-refractivity contribution in [3.63, 3.8) is 0 Å². The Bertz CT molecular complexity index is 1640. The molecule has 1 aromatic carbocycles. The molecule has 1 aliphatic carbocycles. The molecule has 4 aromatic heterocycles. The van der Waals surface area contributed by atoms with Crippen molar-refractivity contribution in [2.75, 3.05) is 5.73 Å². The maximum Gasteiger partial charge on any atom is 0.274 e. The van der Waals surface area contributed by atoms with Crippen molar-refractivity contribution in [1.82, 2.24) is 35.0 Å². The van der Waals surface area contributed by atoms with Gasteiger partial charge in [0, 0.05) is 36.6 Å². The Hall–Kier alpha value is -4.66. The van der Waals surface area contributed by atoms with E-state index in [1.165, 1.54) is 0 Å². The number of nitrogens with zero attached hydrogens (tertiary/aromatic N) is 6. The monoisotopic (exact) mass is 476 g/mol.